The molecule has 6 nitrogen and oxygen atoms in total. The van der Waals surface area contributed by atoms with Crippen LogP contribution in [-0.4, -0.2) is 38.7 Å². The maximum Gasteiger partial charge on any atom is 0.255 e. The third kappa shape index (κ3) is 5.35. The van der Waals surface area contributed by atoms with Crippen LogP contribution < -0.4 is 5.32 Å². The lowest BCUT2D eigenvalue weighted by atomic mass is 10.1. The van der Waals surface area contributed by atoms with Crippen LogP contribution in [0.3, 0.4) is 0 Å². The molecule has 2 aromatic heterocycles. The highest BCUT2D eigenvalue weighted by Crippen LogP contribution is 2.23. The SMILES string of the molecule is CCN(CC)Cc1ccccc1CNC(=O)c1cn(-c2ccccc2)nc1-c1cccnc1. The largest absolute Gasteiger partial charge is 0.348 e. The Morgan fingerprint density at radius 3 is 2.36 bits per heavy atom. The number of rotatable bonds is 9. The summed E-state index contributed by atoms with van der Waals surface area (Å²) in [4.78, 5) is 19.9. The van der Waals surface area contributed by atoms with E-state index in [1.54, 1.807) is 23.3 Å². The summed E-state index contributed by atoms with van der Waals surface area (Å²) in [6.45, 7) is 7.64. The van der Waals surface area contributed by atoms with Crippen molar-refractivity contribution in [3.8, 4) is 16.9 Å². The van der Waals surface area contributed by atoms with Crippen LogP contribution >= 0.6 is 0 Å². The fourth-order valence-electron chi connectivity index (χ4n) is 3.81. The average molecular weight is 440 g/mol. The first kappa shape index (κ1) is 22.4. The van der Waals surface area contributed by atoms with E-state index in [-0.39, 0.29) is 5.91 Å². The van der Waals surface area contributed by atoms with Crippen molar-refractivity contribution in [1.29, 1.82) is 0 Å². The molecule has 0 fully saturated rings. The third-order valence-electron chi connectivity index (χ3n) is 5.76. The highest BCUT2D eigenvalue weighted by Gasteiger charge is 2.19. The van der Waals surface area contributed by atoms with Crippen LogP contribution in [0.4, 0.5) is 0 Å². The summed E-state index contributed by atoms with van der Waals surface area (Å²) in [6.07, 6.45) is 5.23. The van der Waals surface area contributed by atoms with E-state index in [2.05, 4.69) is 47.2 Å². The normalized spacial score (nSPS) is 11.0. The predicted octanol–water partition coefficient (Wildman–Crippen LogP) is 4.71. The predicted molar refractivity (Wildman–Crippen MR) is 131 cm³/mol. The molecule has 0 aliphatic heterocycles. The molecule has 2 heterocycles. The van der Waals surface area contributed by atoms with Crippen LogP contribution in [0, 0.1) is 0 Å². The summed E-state index contributed by atoms with van der Waals surface area (Å²) >= 11 is 0. The van der Waals surface area contributed by atoms with E-state index in [9.17, 15) is 4.79 Å². The van der Waals surface area contributed by atoms with Crippen LogP contribution in [0.25, 0.3) is 16.9 Å². The first-order valence-electron chi connectivity index (χ1n) is 11.3. The van der Waals surface area contributed by atoms with Gasteiger partial charge < -0.3 is 5.32 Å². The summed E-state index contributed by atoms with van der Waals surface area (Å²) in [5, 5.41) is 7.82. The van der Waals surface area contributed by atoms with Crippen molar-refractivity contribution in [2.75, 3.05) is 13.1 Å². The van der Waals surface area contributed by atoms with Crippen molar-refractivity contribution in [3.63, 3.8) is 0 Å². The van der Waals surface area contributed by atoms with Crippen LogP contribution in [0.5, 0.6) is 0 Å². The van der Waals surface area contributed by atoms with Gasteiger partial charge in [0.25, 0.3) is 5.91 Å². The molecular weight excluding hydrogens is 410 g/mol. The molecule has 0 aliphatic rings. The molecule has 2 aromatic carbocycles. The van der Waals surface area contributed by atoms with Gasteiger partial charge in [-0.15, -0.1) is 0 Å². The Labute approximate surface area is 194 Å². The second-order valence-electron chi connectivity index (χ2n) is 7.83. The molecule has 0 bridgehead atoms. The number of para-hydroxylation sites is 1. The number of carbonyl (C=O) groups is 1. The number of nitrogens with one attached hydrogen (secondary N) is 1. The van der Waals surface area contributed by atoms with Gasteiger partial charge in [0.05, 0.1) is 11.3 Å². The fourth-order valence-corrected chi connectivity index (χ4v) is 3.81. The zero-order valence-electron chi connectivity index (χ0n) is 19.1. The van der Waals surface area contributed by atoms with E-state index in [0.29, 0.717) is 17.8 Å². The summed E-state index contributed by atoms with van der Waals surface area (Å²) in [5.74, 6) is -0.159. The van der Waals surface area contributed by atoms with Crippen molar-refractivity contribution in [1.82, 2.24) is 25.0 Å². The highest BCUT2D eigenvalue weighted by atomic mass is 16.1. The van der Waals surface area contributed by atoms with Crippen LogP contribution in [0.1, 0.15) is 35.3 Å². The smallest absolute Gasteiger partial charge is 0.255 e. The second kappa shape index (κ2) is 10.7. The molecule has 0 aliphatic carbocycles. The zero-order valence-corrected chi connectivity index (χ0v) is 19.1. The van der Waals surface area contributed by atoms with Gasteiger partial charge in [0, 0.05) is 37.2 Å². The van der Waals surface area contributed by atoms with Gasteiger partial charge in [-0.2, -0.15) is 5.10 Å². The monoisotopic (exact) mass is 439 g/mol. The highest BCUT2D eigenvalue weighted by molar-refractivity contribution is 5.99. The van der Waals surface area contributed by atoms with Crippen molar-refractivity contribution in [3.05, 3.63) is 102 Å². The number of benzene rings is 2. The average Bonchev–Trinajstić information content (AvgIpc) is 3.33. The molecule has 4 aromatic rings. The first-order valence-corrected chi connectivity index (χ1v) is 11.3. The van der Waals surface area contributed by atoms with Crippen molar-refractivity contribution in [2.45, 2.75) is 26.9 Å². The number of nitrogens with zero attached hydrogens (tertiary/aromatic N) is 4. The van der Waals surface area contributed by atoms with E-state index in [4.69, 9.17) is 5.10 Å². The van der Waals surface area contributed by atoms with Crippen molar-refractivity contribution < 1.29 is 4.79 Å². The number of aromatic nitrogens is 3. The number of amides is 1. The Morgan fingerprint density at radius 1 is 0.939 bits per heavy atom. The van der Waals surface area contributed by atoms with Gasteiger partial charge >= 0.3 is 0 Å². The van der Waals surface area contributed by atoms with Gasteiger partial charge in [-0.25, -0.2) is 4.68 Å². The molecule has 0 saturated carbocycles. The molecule has 6 heteroatoms. The zero-order chi connectivity index (χ0) is 23.0. The minimum Gasteiger partial charge on any atom is -0.348 e. The van der Waals surface area contributed by atoms with Gasteiger partial charge in [0.15, 0.2) is 0 Å². The molecule has 0 unspecified atom stereocenters. The van der Waals surface area contributed by atoms with Crippen LogP contribution in [0.15, 0.2) is 85.3 Å². The third-order valence-corrected chi connectivity index (χ3v) is 5.76. The minimum atomic E-state index is -0.159. The van der Waals surface area contributed by atoms with Crippen LogP contribution in [0.2, 0.25) is 0 Å². The van der Waals surface area contributed by atoms with E-state index >= 15 is 0 Å². The lowest BCUT2D eigenvalue weighted by Gasteiger charge is -2.20. The van der Waals surface area contributed by atoms with E-state index in [0.717, 1.165) is 36.4 Å². The molecule has 0 spiro atoms. The van der Waals surface area contributed by atoms with Gasteiger partial charge in [0.1, 0.15) is 5.69 Å². The van der Waals surface area contributed by atoms with E-state index in [1.165, 1.54) is 5.56 Å². The molecule has 0 saturated heterocycles. The summed E-state index contributed by atoms with van der Waals surface area (Å²) in [6, 6.07) is 21.8. The molecular formula is C27H29N5O. The van der Waals surface area contributed by atoms with Gasteiger partial charge in [0.2, 0.25) is 0 Å². The van der Waals surface area contributed by atoms with Gasteiger partial charge in [-0.3, -0.25) is 14.7 Å². The molecule has 4 rings (SSSR count). The standard InChI is InChI=1S/C27H29N5O/c1-3-31(4-2)19-23-12-9-8-11-21(23)18-29-27(33)25-20-32(24-14-6-5-7-15-24)30-26(25)22-13-10-16-28-17-22/h5-17,20H,3-4,18-19H2,1-2H3,(H,29,33). The lowest BCUT2D eigenvalue weighted by molar-refractivity contribution is 0.0951. The lowest BCUT2D eigenvalue weighted by Crippen LogP contribution is -2.26. The van der Waals surface area contributed by atoms with Crippen LogP contribution in [-0.2, 0) is 13.1 Å². The Bertz CT molecular complexity index is 1180. The molecule has 1 amide bonds. The fraction of sp³-hybridized carbons (Fsp3) is 0.222. The van der Waals surface area contributed by atoms with Crippen molar-refractivity contribution in [2.24, 2.45) is 0 Å². The number of hydrogen-bond donors (Lipinski definition) is 1. The van der Waals surface area contributed by atoms with E-state index < -0.39 is 0 Å². The Kier molecular flexibility index (Phi) is 7.27. The summed E-state index contributed by atoms with van der Waals surface area (Å²) in [5.41, 5.74) is 5.18. The summed E-state index contributed by atoms with van der Waals surface area (Å²) < 4.78 is 1.74. The topological polar surface area (TPSA) is 63.1 Å². The molecule has 33 heavy (non-hydrogen) atoms. The summed E-state index contributed by atoms with van der Waals surface area (Å²) in [7, 11) is 0. The first-order chi connectivity index (χ1) is 16.2. The van der Waals surface area contributed by atoms with Gasteiger partial charge in [-0.05, 0) is 48.5 Å². The molecule has 0 radical (unpaired) electrons. The number of hydrogen-bond acceptors (Lipinski definition) is 4. The number of pyridine rings is 1. The maximum atomic E-state index is 13.3. The Morgan fingerprint density at radius 2 is 1.67 bits per heavy atom. The molecule has 168 valence electrons. The number of carbonyl (C=O) groups excluding carboxylic acids is 1. The molecule has 1 N–H and O–H groups in total. The van der Waals surface area contributed by atoms with Gasteiger partial charge in [-0.1, -0.05) is 56.3 Å². The van der Waals surface area contributed by atoms with Crippen molar-refractivity contribution >= 4 is 5.91 Å². The maximum absolute atomic E-state index is 13.3. The van der Waals surface area contributed by atoms with E-state index in [1.807, 2.05) is 48.5 Å². The second-order valence-corrected chi connectivity index (χ2v) is 7.83. The Hall–Kier alpha value is -3.77. The minimum absolute atomic E-state index is 0.159. The quantitative estimate of drug-likeness (QED) is 0.410. The Balaban J connectivity index is 1.59. The molecule has 0 atom stereocenters.